The third kappa shape index (κ3) is 4.60. The van der Waals surface area contributed by atoms with E-state index in [4.69, 9.17) is 13.9 Å². The molecule has 1 aliphatic heterocycles. The molecule has 2 aromatic carbocycles. The summed E-state index contributed by atoms with van der Waals surface area (Å²) in [5.74, 6) is 1.46. The summed E-state index contributed by atoms with van der Waals surface area (Å²) >= 11 is 0. The minimum Gasteiger partial charge on any atom is -0.464 e. The highest BCUT2D eigenvalue weighted by molar-refractivity contribution is 5.92. The van der Waals surface area contributed by atoms with Gasteiger partial charge in [0.2, 0.25) is 6.29 Å². The Balaban J connectivity index is 1.22. The maximum absolute atomic E-state index is 13.3. The number of hydrogen-bond acceptors (Lipinski definition) is 5. The Morgan fingerprint density at radius 3 is 2.63 bits per heavy atom. The maximum atomic E-state index is 13.3. The van der Waals surface area contributed by atoms with Gasteiger partial charge in [-0.1, -0.05) is 48.9 Å². The Kier molecular flexibility index (Phi) is 6.08. The number of furan rings is 1. The lowest BCUT2D eigenvalue weighted by Crippen LogP contribution is -2.41. The molecule has 2 saturated carbocycles. The number of nitrogens with one attached hydrogen (secondary N) is 1. The molecule has 1 amide bonds. The van der Waals surface area contributed by atoms with Crippen molar-refractivity contribution < 1.29 is 23.8 Å². The first-order valence-corrected chi connectivity index (χ1v) is 12.6. The molecule has 182 valence electrons. The minimum absolute atomic E-state index is 0.0130. The maximum Gasteiger partial charge on any atom is 0.286 e. The fourth-order valence-electron chi connectivity index (χ4n) is 6.01. The molecule has 2 bridgehead atoms. The van der Waals surface area contributed by atoms with Crippen molar-refractivity contribution in [2.45, 2.75) is 63.6 Å². The highest BCUT2D eigenvalue weighted by Crippen LogP contribution is 2.44. The van der Waals surface area contributed by atoms with Crippen LogP contribution in [-0.4, -0.2) is 23.3 Å². The molecule has 6 heteroatoms. The first-order valence-electron chi connectivity index (χ1n) is 12.6. The number of aliphatic hydroxyl groups is 1. The number of carbonyl (C=O) groups excluding carboxylic acids is 1. The van der Waals surface area contributed by atoms with Gasteiger partial charge < -0.3 is 24.3 Å². The van der Waals surface area contributed by atoms with Crippen LogP contribution in [0.1, 0.15) is 54.7 Å². The molecule has 6 nitrogen and oxygen atoms in total. The Morgan fingerprint density at radius 2 is 1.86 bits per heavy atom. The number of ether oxygens (including phenoxy) is 2. The van der Waals surface area contributed by atoms with Crippen molar-refractivity contribution in [1.82, 2.24) is 5.32 Å². The van der Waals surface area contributed by atoms with E-state index >= 15 is 0 Å². The van der Waals surface area contributed by atoms with E-state index in [-0.39, 0.29) is 24.5 Å². The lowest BCUT2D eigenvalue weighted by Gasteiger charge is -2.30. The summed E-state index contributed by atoms with van der Waals surface area (Å²) in [5, 5.41) is 13.6. The summed E-state index contributed by atoms with van der Waals surface area (Å²) in [6.45, 7) is 0.371. The summed E-state index contributed by atoms with van der Waals surface area (Å²) in [6, 6.07) is 15.8. The largest absolute Gasteiger partial charge is 0.464 e. The highest BCUT2D eigenvalue weighted by atomic mass is 16.7. The van der Waals surface area contributed by atoms with Crippen LogP contribution < -0.4 is 5.32 Å². The number of fused-ring (bicyclic) bond motifs is 3. The first-order chi connectivity index (χ1) is 17.2. The van der Waals surface area contributed by atoms with E-state index in [1.807, 2.05) is 54.6 Å². The van der Waals surface area contributed by atoms with Crippen LogP contribution in [0.3, 0.4) is 0 Å². The summed E-state index contributed by atoms with van der Waals surface area (Å²) < 4.78 is 18.0. The average molecular weight is 474 g/mol. The van der Waals surface area contributed by atoms with E-state index in [0.717, 1.165) is 40.0 Å². The molecule has 1 aromatic heterocycles. The van der Waals surface area contributed by atoms with Crippen molar-refractivity contribution in [3.63, 3.8) is 0 Å². The van der Waals surface area contributed by atoms with Crippen molar-refractivity contribution >= 4 is 16.9 Å². The zero-order valence-corrected chi connectivity index (χ0v) is 19.7. The minimum atomic E-state index is -0.558. The molecule has 35 heavy (non-hydrogen) atoms. The predicted molar refractivity (Wildman–Crippen MR) is 131 cm³/mol. The van der Waals surface area contributed by atoms with Crippen molar-refractivity contribution in [2.75, 3.05) is 0 Å². The van der Waals surface area contributed by atoms with E-state index in [1.165, 1.54) is 19.3 Å². The van der Waals surface area contributed by atoms with Gasteiger partial charge in [-0.15, -0.1) is 0 Å². The lowest BCUT2D eigenvalue weighted by molar-refractivity contribution is -0.150. The van der Waals surface area contributed by atoms with Gasteiger partial charge in [-0.2, -0.15) is 0 Å². The third-order valence-electron chi connectivity index (χ3n) is 7.89. The summed E-state index contributed by atoms with van der Waals surface area (Å²) in [5.41, 5.74) is 3.71. The quantitative estimate of drug-likeness (QED) is 0.495. The van der Waals surface area contributed by atoms with Gasteiger partial charge in [0.1, 0.15) is 5.58 Å². The van der Waals surface area contributed by atoms with E-state index in [2.05, 4.69) is 5.32 Å². The molecule has 3 aromatic rings. The summed E-state index contributed by atoms with van der Waals surface area (Å²) in [4.78, 5) is 13.3. The molecule has 3 aliphatic rings. The van der Waals surface area contributed by atoms with Crippen LogP contribution in [0.4, 0.5) is 0 Å². The Labute approximate surface area is 204 Å². The van der Waals surface area contributed by atoms with Crippen LogP contribution in [-0.2, 0) is 27.5 Å². The number of amides is 1. The van der Waals surface area contributed by atoms with Gasteiger partial charge in [0, 0.05) is 29.3 Å². The normalized spacial score (nSPS) is 27.6. The molecule has 2 N–H and O–H groups in total. The van der Waals surface area contributed by atoms with Crippen molar-refractivity contribution in [1.29, 1.82) is 0 Å². The second-order valence-electron chi connectivity index (χ2n) is 10.1. The van der Waals surface area contributed by atoms with Crippen LogP contribution >= 0.6 is 0 Å². The number of hydrogen-bond donors (Lipinski definition) is 2. The summed E-state index contributed by atoms with van der Waals surface area (Å²) in [7, 11) is 0. The molecule has 0 saturated heterocycles. The molecular formula is C29H31NO5. The van der Waals surface area contributed by atoms with Gasteiger partial charge in [-0.3, -0.25) is 4.79 Å². The molecule has 5 atom stereocenters. The van der Waals surface area contributed by atoms with E-state index < -0.39 is 6.29 Å². The number of para-hydroxylation sites is 1. The number of allylic oxidation sites excluding steroid dienone is 1. The van der Waals surface area contributed by atoms with Crippen LogP contribution in [0.15, 0.2) is 71.0 Å². The topological polar surface area (TPSA) is 80.9 Å². The lowest BCUT2D eigenvalue weighted by atomic mass is 9.92. The van der Waals surface area contributed by atoms with Crippen molar-refractivity contribution in [3.8, 4) is 0 Å². The third-order valence-corrected chi connectivity index (χ3v) is 7.89. The molecule has 0 spiro atoms. The molecule has 0 radical (unpaired) electrons. The molecule has 2 heterocycles. The molecule has 2 aliphatic carbocycles. The monoisotopic (exact) mass is 473 g/mol. The highest BCUT2D eigenvalue weighted by Gasteiger charge is 2.41. The molecule has 5 unspecified atom stereocenters. The van der Waals surface area contributed by atoms with Crippen molar-refractivity contribution in [2.24, 2.45) is 11.8 Å². The smallest absolute Gasteiger partial charge is 0.286 e. The van der Waals surface area contributed by atoms with E-state index in [0.29, 0.717) is 24.7 Å². The van der Waals surface area contributed by atoms with Crippen LogP contribution in [0.25, 0.3) is 11.0 Å². The zero-order chi connectivity index (χ0) is 23.8. The number of carbonyl (C=O) groups is 1. The number of rotatable bonds is 7. The fourth-order valence-corrected chi connectivity index (χ4v) is 6.01. The average Bonchev–Trinajstić information content (AvgIpc) is 3.63. The molecule has 6 rings (SSSR count). The van der Waals surface area contributed by atoms with E-state index in [9.17, 15) is 9.90 Å². The van der Waals surface area contributed by atoms with Gasteiger partial charge in [0.25, 0.3) is 5.91 Å². The van der Waals surface area contributed by atoms with Crippen molar-refractivity contribution in [3.05, 3.63) is 83.3 Å². The van der Waals surface area contributed by atoms with Gasteiger partial charge in [-0.25, -0.2) is 0 Å². The van der Waals surface area contributed by atoms with Gasteiger partial charge in [0.05, 0.1) is 19.5 Å². The number of aliphatic hydroxyl groups excluding tert-OH is 1. The van der Waals surface area contributed by atoms with Crippen LogP contribution in [0, 0.1) is 11.8 Å². The number of benzene rings is 2. The Bertz CT molecular complexity index is 1230. The van der Waals surface area contributed by atoms with Gasteiger partial charge >= 0.3 is 0 Å². The van der Waals surface area contributed by atoms with Gasteiger partial charge in [-0.05, 0) is 54.4 Å². The second kappa shape index (κ2) is 9.51. The Hall–Kier alpha value is -3.09. The van der Waals surface area contributed by atoms with Crippen LogP contribution in [0.2, 0.25) is 0 Å². The van der Waals surface area contributed by atoms with Gasteiger partial charge in [0.15, 0.2) is 5.76 Å². The second-order valence-corrected chi connectivity index (χ2v) is 10.1. The fraction of sp³-hybridized carbons (Fsp3) is 0.414. The molecular weight excluding hydrogens is 442 g/mol. The molecule has 2 fully saturated rings. The summed E-state index contributed by atoms with van der Waals surface area (Å²) in [6.07, 6.45) is 8.54. The SMILES string of the molecule is O=C(NC1CC2CCC1C2)C1=CC(c2coc3ccccc23)CC(OCc2ccc(CO)cc2)O1. The van der Waals surface area contributed by atoms with Crippen LogP contribution in [0.5, 0.6) is 0 Å². The Morgan fingerprint density at radius 1 is 1.03 bits per heavy atom. The predicted octanol–water partition coefficient (Wildman–Crippen LogP) is 5.16. The zero-order valence-electron chi connectivity index (χ0n) is 19.7. The standard InChI is InChI=1S/C29H31NO5/c31-15-18-5-7-19(8-6-18)16-34-28-14-22(24-17-33-26-4-2-1-3-23(24)26)13-27(35-28)29(32)30-25-12-20-9-10-21(25)11-20/h1-8,13,17,20-22,25,28,31H,9-12,14-16H2,(H,30,32). The first kappa shape index (κ1) is 22.4. The van der Waals surface area contributed by atoms with E-state index in [1.54, 1.807) is 6.26 Å².